The zero-order valence-electron chi connectivity index (χ0n) is 14.2. The van der Waals surface area contributed by atoms with Gasteiger partial charge in [-0.25, -0.2) is 0 Å². The van der Waals surface area contributed by atoms with Crippen molar-refractivity contribution < 1.29 is 0 Å². The highest BCUT2D eigenvalue weighted by molar-refractivity contribution is 5.34. The van der Waals surface area contributed by atoms with Crippen molar-refractivity contribution >= 4 is 0 Å². The Morgan fingerprint density at radius 3 is 1.41 bits per heavy atom. The maximum Gasteiger partial charge on any atom is 0.0850 e. The lowest BCUT2D eigenvalue weighted by Gasteiger charge is -2.32. The molecular weight excluding hydrogens is 270 g/mol. The molecule has 0 saturated heterocycles. The van der Waals surface area contributed by atoms with E-state index < -0.39 is 0 Å². The highest BCUT2D eigenvalue weighted by Gasteiger charge is 2.22. The summed E-state index contributed by atoms with van der Waals surface area (Å²) in [5.41, 5.74) is 20.0. The van der Waals surface area contributed by atoms with Crippen LogP contribution in [0.2, 0.25) is 0 Å². The van der Waals surface area contributed by atoms with Gasteiger partial charge in [-0.3, -0.25) is 4.90 Å². The van der Waals surface area contributed by atoms with Crippen molar-refractivity contribution in [3.63, 3.8) is 0 Å². The lowest BCUT2D eigenvalue weighted by atomic mass is 10.00. The van der Waals surface area contributed by atoms with Crippen molar-refractivity contribution in [1.82, 2.24) is 4.90 Å². The summed E-state index contributed by atoms with van der Waals surface area (Å²) < 4.78 is 0. The summed E-state index contributed by atoms with van der Waals surface area (Å²) >= 11 is 0. The average Bonchev–Trinajstić information content (AvgIpc) is 2.45. The van der Waals surface area contributed by atoms with E-state index in [0.29, 0.717) is 0 Å². The Hall–Kier alpha value is -1.68. The second-order valence-electron chi connectivity index (χ2n) is 6.28. The number of hydrogen-bond donors (Lipinski definition) is 2. The van der Waals surface area contributed by atoms with E-state index >= 15 is 0 Å². The molecule has 0 aromatic heterocycles. The summed E-state index contributed by atoms with van der Waals surface area (Å²) in [6, 6.07) is 12.7. The van der Waals surface area contributed by atoms with Crippen LogP contribution >= 0.6 is 0 Å². The lowest BCUT2D eigenvalue weighted by molar-refractivity contribution is 0.180. The number of hydrogen-bond acceptors (Lipinski definition) is 3. The standard InChI is InChI=1S/C19H27N3/c1-12-6-8-16(14(3)10-12)18(20)22(5)19(21)17-9-7-13(2)11-15(17)4/h6-11,18-19H,20-21H2,1-5H3. The predicted molar refractivity (Wildman–Crippen MR) is 93.5 cm³/mol. The molecule has 3 heteroatoms. The highest BCUT2D eigenvalue weighted by atomic mass is 15.3. The normalized spacial score (nSPS) is 14.2. The smallest absolute Gasteiger partial charge is 0.0850 e. The maximum absolute atomic E-state index is 6.45. The van der Waals surface area contributed by atoms with E-state index in [0.717, 1.165) is 11.1 Å². The first-order valence-corrected chi connectivity index (χ1v) is 7.68. The third-order valence-corrected chi connectivity index (χ3v) is 4.37. The molecule has 2 aromatic carbocycles. The zero-order valence-corrected chi connectivity index (χ0v) is 14.2. The Morgan fingerprint density at radius 1 is 0.727 bits per heavy atom. The van der Waals surface area contributed by atoms with Crippen LogP contribution in [0.25, 0.3) is 0 Å². The number of rotatable bonds is 4. The van der Waals surface area contributed by atoms with E-state index in [2.05, 4.69) is 64.1 Å². The van der Waals surface area contributed by atoms with Gasteiger partial charge in [-0.05, 0) is 57.0 Å². The van der Waals surface area contributed by atoms with Gasteiger partial charge in [-0.15, -0.1) is 0 Å². The van der Waals surface area contributed by atoms with Gasteiger partial charge in [0.1, 0.15) is 0 Å². The van der Waals surface area contributed by atoms with Crippen molar-refractivity contribution in [2.75, 3.05) is 7.05 Å². The Bertz CT molecular complexity index is 606. The van der Waals surface area contributed by atoms with E-state index in [4.69, 9.17) is 11.5 Å². The fraction of sp³-hybridized carbons (Fsp3) is 0.368. The van der Waals surface area contributed by atoms with Gasteiger partial charge in [0.25, 0.3) is 0 Å². The van der Waals surface area contributed by atoms with E-state index in [-0.39, 0.29) is 12.3 Å². The Labute approximate surface area is 133 Å². The van der Waals surface area contributed by atoms with Crippen LogP contribution in [0.15, 0.2) is 36.4 Å². The number of aryl methyl sites for hydroxylation is 4. The summed E-state index contributed by atoms with van der Waals surface area (Å²) in [4.78, 5) is 2.02. The molecule has 4 N–H and O–H groups in total. The molecule has 0 bridgehead atoms. The average molecular weight is 297 g/mol. The zero-order chi connectivity index (χ0) is 16.4. The quantitative estimate of drug-likeness (QED) is 0.850. The second-order valence-corrected chi connectivity index (χ2v) is 6.28. The van der Waals surface area contributed by atoms with E-state index in [1.165, 1.54) is 22.3 Å². The summed E-state index contributed by atoms with van der Waals surface area (Å²) in [5.74, 6) is 0. The van der Waals surface area contributed by atoms with Crippen molar-refractivity contribution in [2.45, 2.75) is 40.0 Å². The highest BCUT2D eigenvalue weighted by Crippen LogP contribution is 2.27. The Kier molecular flexibility index (Phi) is 5.01. The van der Waals surface area contributed by atoms with Crippen LogP contribution in [0.5, 0.6) is 0 Å². The molecule has 0 amide bonds. The molecule has 0 spiro atoms. The van der Waals surface area contributed by atoms with Gasteiger partial charge in [0.05, 0.1) is 12.3 Å². The SMILES string of the molecule is Cc1ccc(C(N)N(C)C(N)c2ccc(C)cc2C)c(C)c1. The molecule has 0 aliphatic carbocycles. The maximum atomic E-state index is 6.45. The van der Waals surface area contributed by atoms with Gasteiger partial charge < -0.3 is 11.5 Å². The fourth-order valence-electron chi connectivity index (χ4n) is 2.93. The molecule has 2 rings (SSSR count). The molecule has 0 saturated carbocycles. The van der Waals surface area contributed by atoms with Crippen LogP contribution < -0.4 is 11.5 Å². The topological polar surface area (TPSA) is 55.3 Å². The van der Waals surface area contributed by atoms with Crippen molar-refractivity contribution in [3.8, 4) is 0 Å². The summed E-state index contributed by atoms with van der Waals surface area (Å²) in [5, 5.41) is 0. The van der Waals surface area contributed by atoms with Gasteiger partial charge in [0.15, 0.2) is 0 Å². The van der Waals surface area contributed by atoms with Gasteiger partial charge in [0.2, 0.25) is 0 Å². The summed E-state index contributed by atoms with van der Waals surface area (Å²) in [6.07, 6.45) is -0.451. The molecule has 0 heterocycles. The molecule has 3 nitrogen and oxygen atoms in total. The minimum absolute atomic E-state index is 0.226. The second kappa shape index (κ2) is 6.61. The van der Waals surface area contributed by atoms with Crippen molar-refractivity contribution in [3.05, 3.63) is 69.8 Å². The van der Waals surface area contributed by atoms with Crippen LogP contribution in [0.3, 0.4) is 0 Å². The molecular formula is C19H27N3. The lowest BCUT2D eigenvalue weighted by Crippen LogP contribution is -2.39. The first-order chi connectivity index (χ1) is 10.3. The third-order valence-electron chi connectivity index (χ3n) is 4.37. The molecule has 0 aliphatic rings. The molecule has 0 radical (unpaired) electrons. The molecule has 2 atom stereocenters. The van der Waals surface area contributed by atoms with Crippen LogP contribution in [0, 0.1) is 27.7 Å². The van der Waals surface area contributed by atoms with E-state index in [1.54, 1.807) is 0 Å². The van der Waals surface area contributed by atoms with Crippen LogP contribution in [-0.2, 0) is 0 Å². The largest absolute Gasteiger partial charge is 0.312 e. The number of nitrogens with zero attached hydrogens (tertiary/aromatic N) is 1. The molecule has 118 valence electrons. The first-order valence-electron chi connectivity index (χ1n) is 7.68. The fourth-order valence-corrected chi connectivity index (χ4v) is 2.93. The van der Waals surface area contributed by atoms with Crippen LogP contribution in [0.1, 0.15) is 45.7 Å². The van der Waals surface area contributed by atoms with Gasteiger partial charge in [0, 0.05) is 0 Å². The number of benzene rings is 2. The first kappa shape index (κ1) is 16.7. The monoisotopic (exact) mass is 297 g/mol. The molecule has 22 heavy (non-hydrogen) atoms. The van der Waals surface area contributed by atoms with Gasteiger partial charge in [-0.1, -0.05) is 47.5 Å². The van der Waals surface area contributed by atoms with Crippen molar-refractivity contribution in [2.24, 2.45) is 11.5 Å². The van der Waals surface area contributed by atoms with Gasteiger partial charge >= 0.3 is 0 Å². The van der Waals surface area contributed by atoms with Gasteiger partial charge in [-0.2, -0.15) is 0 Å². The Morgan fingerprint density at radius 2 is 1.09 bits per heavy atom. The third kappa shape index (κ3) is 3.38. The molecule has 0 aliphatic heterocycles. The van der Waals surface area contributed by atoms with Crippen LogP contribution in [-0.4, -0.2) is 11.9 Å². The van der Waals surface area contributed by atoms with Crippen LogP contribution in [0.4, 0.5) is 0 Å². The summed E-state index contributed by atoms with van der Waals surface area (Å²) in [6.45, 7) is 8.37. The number of nitrogens with two attached hydrogens (primary N) is 2. The van der Waals surface area contributed by atoms with E-state index in [9.17, 15) is 0 Å². The molecule has 0 fully saturated rings. The van der Waals surface area contributed by atoms with Crippen molar-refractivity contribution in [1.29, 1.82) is 0 Å². The summed E-state index contributed by atoms with van der Waals surface area (Å²) in [7, 11) is 1.98. The minimum Gasteiger partial charge on any atom is -0.312 e. The predicted octanol–water partition coefficient (Wildman–Crippen LogP) is 3.47. The molecule has 2 aromatic rings. The molecule has 2 unspecified atom stereocenters. The van der Waals surface area contributed by atoms with E-state index in [1.807, 2.05) is 11.9 Å². The minimum atomic E-state index is -0.226. The Balaban J connectivity index is 2.27.